The van der Waals surface area contributed by atoms with E-state index in [1.54, 1.807) is 16.9 Å². The van der Waals surface area contributed by atoms with Crippen molar-refractivity contribution in [3.8, 4) is 0 Å². The van der Waals surface area contributed by atoms with Crippen LogP contribution in [0, 0.1) is 0 Å². The number of anilines is 1. The molecule has 1 N–H and O–H groups in total. The Hall–Kier alpha value is -1.76. The minimum atomic E-state index is 0.120. The highest BCUT2D eigenvalue weighted by atomic mass is 16.3. The average molecular weight is 220 g/mol. The summed E-state index contributed by atoms with van der Waals surface area (Å²) in [7, 11) is 0. The zero-order valence-corrected chi connectivity index (χ0v) is 8.69. The van der Waals surface area contributed by atoms with E-state index in [0.717, 1.165) is 18.7 Å². The summed E-state index contributed by atoms with van der Waals surface area (Å²) < 4.78 is 1.65. The first-order valence-corrected chi connectivity index (χ1v) is 5.30. The molecule has 0 aromatic carbocycles. The fourth-order valence-corrected chi connectivity index (χ4v) is 1.84. The van der Waals surface area contributed by atoms with Crippen molar-refractivity contribution in [1.29, 1.82) is 0 Å². The summed E-state index contributed by atoms with van der Waals surface area (Å²) in [5, 5.41) is 20.5. The van der Waals surface area contributed by atoms with Crippen molar-refractivity contribution >= 4 is 11.5 Å². The molecule has 0 aliphatic heterocycles. The summed E-state index contributed by atoms with van der Waals surface area (Å²) in [6, 6.07) is 0.490. The zero-order valence-electron chi connectivity index (χ0n) is 8.69. The van der Waals surface area contributed by atoms with Gasteiger partial charge in [-0.3, -0.25) is 4.98 Å². The summed E-state index contributed by atoms with van der Waals surface area (Å²) in [5.41, 5.74) is 0.626. The Kier molecular flexibility index (Phi) is 2.17. The molecule has 7 nitrogen and oxygen atoms in total. The first-order valence-electron chi connectivity index (χ1n) is 5.30. The van der Waals surface area contributed by atoms with Gasteiger partial charge in [-0.1, -0.05) is 0 Å². The van der Waals surface area contributed by atoms with Gasteiger partial charge in [0.25, 0.3) is 0 Å². The van der Waals surface area contributed by atoms with Gasteiger partial charge in [0.05, 0.1) is 19.0 Å². The van der Waals surface area contributed by atoms with Gasteiger partial charge in [-0.25, -0.2) is 0 Å². The Morgan fingerprint density at radius 1 is 1.44 bits per heavy atom. The van der Waals surface area contributed by atoms with Crippen molar-refractivity contribution in [2.24, 2.45) is 0 Å². The molecule has 1 fully saturated rings. The van der Waals surface area contributed by atoms with Gasteiger partial charge < -0.3 is 10.0 Å². The predicted octanol–water partition coefficient (Wildman–Crippen LogP) is -0.520. The second kappa shape index (κ2) is 3.67. The summed E-state index contributed by atoms with van der Waals surface area (Å²) in [5.74, 6) is 0.846. The van der Waals surface area contributed by atoms with Crippen molar-refractivity contribution < 1.29 is 5.11 Å². The SMILES string of the molecule is OCCN(c1cncc2nnnn12)C1CC1. The number of tetrazole rings is 1. The summed E-state index contributed by atoms with van der Waals surface area (Å²) >= 11 is 0. The van der Waals surface area contributed by atoms with Gasteiger partial charge in [0.15, 0.2) is 11.5 Å². The molecule has 1 saturated carbocycles. The second-order valence-electron chi connectivity index (χ2n) is 3.86. The third kappa shape index (κ3) is 1.49. The maximum atomic E-state index is 9.07. The minimum Gasteiger partial charge on any atom is -0.395 e. The lowest BCUT2D eigenvalue weighted by Gasteiger charge is -2.22. The number of hydrogen-bond donors (Lipinski definition) is 1. The van der Waals surface area contributed by atoms with E-state index < -0.39 is 0 Å². The van der Waals surface area contributed by atoms with Crippen LogP contribution in [-0.4, -0.2) is 49.3 Å². The molecular formula is C9H12N6O. The lowest BCUT2D eigenvalue weighted by molar-refractivity contribution is 0.300. The van der Waals surface area contributed by atoms with Gasteiger partial charge in [0.2, 0.25) is 0 Å². The fourth-order valence-electron chi connectivity index (χ4n) is 1.84. The van der Waals surface area contributed by atoms with Gasteiger partial charge in [-0.05, 0) is 23.3 Å². The molecule has 84 valence electrons. The first kappa shape index (κ1) is 9.46. The van der Waals surface area contributed by atoms with Crippen LogP contribution in [0.15, 0.2) is 12.4 Å². The Balaban J connectivity index is 2.04. The average Bonchev–Trinajstić information content (AvgIpc) is 3.02. The standard InChI is InChI=1S/C9H12N6O/c16-4-3-14(7-1-2-7)9-6-10-5-8-11-12-13-15(8)9/h5-7,16H,1-4H2. The normalized spacial score (nSPS) is 15.6. The lowest BCUT2D eigenvalue weighted by Crippen LogP contribution is -2.31. The Morgan fingerprint density at radius 2 is 2.31 bits per heavy atom. The van der Waals surface area contributed by atoms with Crippen LogP contribution in [0.25, 0.3) is 5.65 Å². The molecule has 1 aliphatic rings. The van der Waals surface area contributed by atoms with Gasteiger partial charge in [-0.15, -0.1) is 5.10 Å². The maximum absolute atomic E-state index is 9.07. The molecule has 2 aromatic heterocycles. The molecule has 0 saturated heterocycles. The van der Waals surface area contributed by atoms with Gasteiger partial charge in [0.1, 0.15) is 0 Å². The molecule has 1 aliphatic carbocycles. The quantitative estimate of drug-likeness (QED) is 0.747. The van der Waals surface area contributed by atoms with Crippen molar-refractivity contribution in [1.82, 2.24) is 25.0 Å². The van der Waals surface area contributed by atoms with Gasteiger partial charge >= 0.3 is 0 Å². The zero-order chi connectivity index (χ0) is 11.0. The highest BCUT2D eigenvalue weighted by Crippen LogP contribution is 2.30. The van der Waals surface area contributed by atoms with Crippen LogP contribution in [0.3, 0.4) is 0 Å². The van der Waals surface area contributed by atoms with E-state index in [-0.39, 0.29) is 6.61 Å². The summed E-state index contributed by atoms with van der Waals surface area (Å²) in [4.78, 5) is 6.22. The van der Waals surface area contributed by atoms with Crippen molar-refractivity contribution in [3.05, 3.63) is 12.4 Å². The number of aliphatic hydroxyl groups excluding tert-OH is 1. The number of fused-ring (bicyclic) bond motifs is 1. The van der Waals surface area contributed by atoms with Crippen molar-refractivity contribution in [3.63, 3.8) is 0 Å². The third-order valence-corrected chi connectivity index (χ3v) is 2.71. The molecule has 0 spiro atoms. The highest BCUT2D eigenvalue weighted by molar-refractivity contribution is 5.47. The summed E-state index contributed by atoms with van der Waals surface area (Å²) in [6.07, 6.45) is 5.65. The minimum absolute atomic E-state index is 0.120. The van der Waals surface area contributed by atoms with E-state index in [1.165, 1.54) is 0 Å². The van der Waals surface area contributed by atoms with Gasteiger partial charge in [-0.2, -0.15) is 4.52 Å². The molecule has 2 heterocycles. The predicted molar refractivity (Wildman–Crippen MR) is 56.0 cm³/mol. The van der Waals surface area contributed by atoms with E-state index in [1.807, 2.05) is 0 Å². The molecule has 7 heteroatoms. The molecule has 2 aromatic rings. The van der Waals surface area contributed by atoms with Gasteiger partial charge in [0, 0.05) is 12.6 Å². The number of aliphatic hydroxyl groups is 1. The molecule has 0 radical (unpaired) electrons. The number of rotatable bonds is 4. The van der Waals surface area contributed by atoms with Crippen LogP contribution in [-0.2, 0) is 0 Å². The molecule has 0 bridgehead atoms. The Bertz CT molecular complexity index is 493. The lowest BCUT2D eigenvalue weighted by atomic mass is 10.4. The topological polar surface area (TPSA) is 79.4 Å². The Morgan fingerprint density at radius 3 is 3.06 bits per heavy atom. The molecule has 0 atom stereocenters. The van der Waals surface area contributed by atoms with E-state index >= 15 is 0 Å². The van der Waals surface area contributed by atoms with E-state index in [9.17, 15) is 0 Å². The van der Waals surface area contributed by atoms with Crippen LogP contribution in [0.4, 0.5) is 5.82 Å². The van der Waals surface area contributed by atoms with Crippen molar-refractivity contribution in [2.75, 3.05) is 18.1 Å². The van der Waals surface area contributed by atoms with Crippen LogP contribution < -0.4 is 4.90 Å². The van der Waals surface area contributed by atoms with E-state index in [0.29, 0.717) is 18.2 Å². The number of nitrogens with zero attached hydrogens (tertiary/aromatic N) is 6. The van der Waals surface area contributed by atoms with Crippen LogP contribution in [0.1, 0.15) is 12.8 Å². The monoisotopic (exact) mass is 220 g/mol. The largest absolute Gasteiger partial charge is 0.395 e. The first-order chi connectivity index (χ1) is 7.90. The molecule has 16 heavy (non-hydrogen) atoms. The molecular weight excluding hydrogens is 208 g/mol. The fraction of sp³-hybridized carbons (Fsp3) is 0.556. The highest BCUT2D eigenvalue weighted by Gasteiger charge is 2.30. The van der Waals surface area contributed by atoms with E-state index in [4.69, 9.17) is 5.11 Å². The number of aromatic nitrogens is 5. The Labute approximate surface area is 91.7 Å². The molecule has 3 rings (SSSR count). The maximum Gasteiger partial charge on any atom is 0.199 e. The van der Waals surface area contributed by atoms with Crippen LogP contribution in [0.5, 0.6) is 0 Å². The number of hydrogen-bond acceptors (Lipinski definition) is 6. The van der Waals surface area contributed by atoms with Crippen LogP contribution >= 0.6 is 0 Å². The smallest absolute Gasteiger partial charge is 0.199 e. The molecule has 0 unspecified atom stereocenters. The van der Waals surface area contributed by atoms with Crippen LogP contribution in [0.2, 0.25) is 0 Å². The van der Waals surface area contributed by atoms with Crippen molar-refractivity contribution in [2.45, 2.75) is 18.9 Å². The summed E-state index contributed by atoms with van der Waals surface area (Å²) in [6.45, 7) is 0.709. The molecule has 0 amide bonds. The second-order valence-corrected chi connectivity index (χ2v) is 3.86. The third-order valence-electron chi connectivity index (χ3n) is 2.71. The van der Waals surface area contributed by atoms with E-state index in [2.05, 4.69) is 25.4 Å².